The van der Waals surface area contributed by atoms with E-state index in [-0.39, 0.29) is 37.2 Å². The molecule has 2 rings (SSSR count). The maximum Gasteiger partial charge on any atom is -0.693 e. The number of carboxylic acid groups (broad SMARTS) is 2. The van der Waals surface area contributed by atoms with Crippen LogP contribution < -0.4 is 14.2 Å². The van der Waals surface area contributed by atoms with Crippen LogP contribution >= 0.6 is 18.8 Å². The number of carbonyl (C=O) groups is 2. The predicted octanol–water partition coefficient (Wildman–Crippen LogP) is 8.01. The van der Waals surface area contributed by atoms with Gasteiger partial charge in [-0.1, -0.05) is 51.0 Å². The monoisotopic (exact) mass is 801 g/mol. The van der Waals surface area contributed by atoms with Gasteiger partial charge in [-0.2, -0.15) is 0 Å². The van der Waals surface area contributed by atoms with Crippen LogP contribution in [0.4, 0.5) is 4.79 Å². The number of benzene rings is 2. The molecule has 2 aromatic carbocycles. The molecule has 236 valence electrons. The predicted molar refractivity (Wildman–Crippen MR) is 159 cm³/mol. The molecule has 0 saturated heterocycles. The molecule has 11 nitrogen and oxygen atoms in total. The first-order chi connectivity index (χ1) is 18.6. The Hall–Kier alpha value is -2.37. The van der Waals surface area contributed by atoms with Crippen molar-refractivity contribution in [2.45, 2.75) is 52.7 Å². The van der Waals surface area contributed by atoms with Crippen molar-refractivity contribution in [3.05, 3.63) is 64.9 Å². The van der Waals surface area contributed by atoms with E-state index < -0.39 is 28.6 Å². The summed E-state index contributed by atoms with van der Waals surface area (Å²) in [6.45, 7) is 3.50. The van der Waals surface area contributed by atoms with Crippen LogP contribution in [0.2, 0.25) is 0 Å². The van der Waals surface area contributed by atoms with E-state index in [1.807, 2.05) is 13.8 Å². The van der Waals surface area contributed by atoms with Crippen molar-refractivity contribution in [1.29, 1.82) is 0 Å². The Bertz CT molecular complexity index is 1030. The van der Waals surface area contributed by atoms with Crippen LogP contribution in [0, 0.1) is 5.92 Å². The Morgan fingerprint density at radius 3 is 1.78 bits per heavy atom. The molecule has 0 fully saturated rings. The van der Waals surface area contributed by atoms with E-state index in [1.165, 1.54) is 20.3 Å². The molecule has 0 aromatic heterocycles. The SMILES string of the molecule is CCCC(CCC)C(=O)O.COc1cc(/C=C\c2ccc(CO)c(OC(=O)O)c2)cc(CO)c1OC.[Cl][Pt+2][Cl].[NH2-].[NH2-]. The molecule has 0 amide bonds. The van der Waals surface area contributed by atoms with Crippen LogP contribution in [0.3, 0.4) is 0 Å². The summed E-state index contributed by atoms with van der Waals surface area (Å²) in [4.78, 5) is 21.2. The molecular formula is C27H40Cl2N2O9Pt. The van der Waals surface area contributed by atoms with Gasteiger partial charge in [0.25, 0.3) is 0 Å². The number of halogens is 2. The quantitative estimate of drug-likeness (QED) is 0.0929. The molecule has 41 heavy (non-hydrogen) atoms. The molecule has 0 atom stereocenters. The minimum Gasteiger partial charge on any atom is -0.693 e. The summed E-state index contributed by atoms with van der Waals surface area (Å²) in [6.07, 6.45) is 5.66. The first-order valence-electron chi connectivity index (χ1n) is 11.9. The molecule has 2 aromatic rings. The number of hydrogen-bond acceptors (Lipinski definition) is 7. The molecule has 0 unspecified atom stereocenters. The number of aliphatic hydroxyl groups excluding tert-OH is 2. The van der Waals surface area contributed by atoms with Crippen molar-refractivity contribution in [2.75, 3.05) is 14.2 Å². The van der Waals surface area contributed by atoms with Gasteiger partial charge in [0.2, 0.25) is 0 Å². The number of ether oxygens (including phenoxy) is 3. The Kier molecular flexibility index (Phi) is 26.6. The van der Waals surface area contributed by atoms with Crippen molar-refractivity contribution < 1.29 is 60.7 Å². The molecule has 0 saturated carbocycles. The number of rotatable bonds is 12. The van der Waals surface area contributed by atoms with Gasteiger partial charge < -0.3 is 46.9 Å². The van der Waals surface area contributed by atoms with E-state index in [4.69, 9.17) is 38.5 Å². The van der Waals surface area contributed by atoms with Crippen molar-refractivity contribution in [3.63, 3.8) is 0 Å². The van der Waals surface area contributed by atoms with Gasteiger partial charge in [-0.3, -0.25) is 4.79 Å². The fourth-order valence-electron chi connectivity index (χ4n) is 3.56. The first-order valence-corrected chi connectivity index (χ1v) is 17.5. The zero-order chi connectivity index (χ0) is 29.8. The molecule has 14 heteroatoms. The molecule has 0 spiro atoms. The maximum atomic E-state index is 10.8. The minimum absolute atomic E-state index is 0. The average molecular weight is 803 g/mol. The second kappa shape index (κ2) is 25.3. The number of aliphatic carboxylic acids is 1. The van der Waals surface area contributed by atoms with Crippen LogP contribution in [0.5, 0.6) is 17.2 Å². The van der Waals surface area contributed by atoms with Gasteiger partial charge in [0.1, 0.15) is 5.75 Å². The molecule has 0 aliphatic heterocycles. The van der Waals surface area contributed by atoms with E-state index >= 15 is 0 Å². The van der Waals surface area contributed by atoms with E-state index in [0.717, 1.165) is 31.2 Å². The summed E-state index contributed by atoms with van der Waals surface area (Å²) in [5, 5.41) is 36.2. The largest absolute Gasteiger partial charge is 0.693 e. The standard InChI is InChI=1S/C19H20O7.C8H16O2.2ClH.2H2N.Pt/c1-24-17-9-13(7-15(11-21)18(17)25-2)4-3-12-5-6-14(10-20)16(8-12)26-19(22)23;1-3-5-7(6-4-2)8(9)10;;;;;/h3-9,20-21H,10-11H2,1-2H3,(H,22,23);7H,3-6H2,1-2H3,(H,9,10);2*1H;2*1H2;/q;;;;2*-1;+4/p-2/b4-3-;;;;;;. The molecule has 0 heterocycles. The second-order valence-corrected chi connectivity index (χ2v) is 11.2. The topological polar surface area (TPSA) is 210 Å². The van der Waals surface area contributed by atoms with Gasteiger partial charge in [-0.15, -0.1) is 0 Å². The molecule has 0 aliphatic carbocycles. The number of aliphatic hydroxyl groups is 2. The molecule has 0 radical (unpaired) electrons. The fraction of sp³-hybridized carbons (Fsp3) is 0.407. The van der Waals surface area contributed by atoms with E-state index in [0.29, 0.717) is 28.2 Å². The normalized spacial score (nSPS) is 9.88. The van der Waals surface area contributed by atoms with Crippen LogP contribution in [-0.4, -0.2) is 46.8 Å². The van der Waals surface area contributed by atoms with E-state index in [1.54, 1.807) is 36.4 Å². The number of hydrogen-bond donors (Lipinski definition) is 4. The van der Waals surface area contributed by atoms with E-state index in [9.17, 15) is 19.8 Å². The second-order valence-electron chi connectivity index (χ2n) is 7.96. The molecule has 0 bridgehead atoms. The van der Waals surface area contributed by atoms with Gasteiger partial charge in [-0.25, -0.2) is 4.79 Å². The van der Waals surface area contributed by atoms with Crippen molar-refractivity contribution in [3.8, 4) is 17.2 Å². The summed E-state index contributed by atoms with van der Waals surface area (Å²) in [5.41, 5.74) is 2.40. The number of carboxylic acids is 1. The first kappa shape index (κ1) is 43.1. The molecular weight excluding hydrogens is 762 g/mol. The fourth-order valence-corrected chi connectivity index (χ4v) is 3.56. The summed E-state index contributed by atoms with van der Waals surface area (Å²) in [6, 6.07) is 8.35. The van der Waals surface area contributed by atoms with Gasteiger partial charge in [0.15, 0.2) is 11.5 Å². The molecule has 8 N–H and O–H groups in total. The van der Waals surface area contributed by atoms with Crippen LogP contribution in [0.15, 0.2) is 30.3 Å². The van der Waals surface area contributed by atoms with E-state index in [2.05, 4.69) is 4.74 Å². The van der Waals surface area contributed by atoms with Crippen molar-refractivity contribution in [2.24, 2.45) is 5.92 Å². The number of nitrogens with two attached hydrogens (primary N) is 2. The van der Waals surface area contributed by atoms with Crippen molar-refractivity contribution >= 4 is 43.1 Å². The zero-order valence-electron chi connectivity index (χ0n) is 23.4. The summed E-state index contributed by atoms with van der Waals surface area (Å²) in [7, 11) is 12.8. The van der Waals surface area contributed by atoms with Crippen LogP contribution in [0.25, 0.3) is 24.5 Å². The Labute approximate surface area is 258 Å². The van der Waals surface area contributed by atoms with Crippen LogP contribution in [-0.2, 0) is 34.5 Å². The van der Waals surface area contributed by atoms with Gasteiger partial charge >= 0.3 is 47.4 Å². The molecule has 0 aliphatic rings. The summed E-state index contributed by atoms with van der Waals surface area (Å²) >= 11 is -0.472. The minimum atomic E-state index is -1.45. The third-order valence-electron chi connectivity index (χ3n) is 5.30. The maximum absolute atomic E-state index is 10.8. The smallest absolute Gasteiger partial charge is 0.693 e. The van der Waals surface area contributed by atoms with Gasteiger partial charge in [-0.05, 0) is 42.2 Å². The number of methoxy groups -OCH3 is 2. The third-order valence-corrected chi connectivity index (χ3v) is 5.30. The Morgan fingerprint density at radius 1 is 0.854 bits per heavy atom. The summed E-state index contributed by atoms with van der Waals surface area (Å²) < 4.78 is 15.2. The summed E-state index contributed by atoms with van der Waals surface area (Å²) in [5.74, 6) is 0.296. The third kappa shape index (κ3) is 16.6. The van der Waals surface area contributed by atoms with Crippen molar-refractivity contribution in [1.82, 2.24) is 0 Å². The van der Waals surface area contributed by atoms with Gasteiger partial charge in [0.05, 0.1) is 33.4 Å². The Morgan fingerprint density at radius 2 is 1.37 bits per heavy atom. The zero-order valence-corrected chi connectivity index (χ0v) is 27.2. The average Bonchev–Trinajstić information content (AvgIpc) is 2.91. The Balaban J connectivity index is -0.000000814. The van der Waals surface area contributed by atoms with Gasteiger partial charge in [0, 0.05) is 11.1 Å². The van der Waals surface area contributed by atoms with Crippen LogP contribution in [0.1, 0.15) is 61.8 Å².